The van der Waals surface area contributed by atoms with Gasteiger partial charge in [-0.2, -0.15) is 19.9 Å². The first-order valence-corrected chi connectivity index (χ1v) is 40.2. The number of hydrogen-bond acceptors (Lipinski definition) is 8. The molecule has 2 aliphatic rings. The lowest BCUT2D eigenvalue weighted by Crippen LogP contribution is -2.17. The largest absolute Gasteiger partial charge is 0.311 e. The van der Waals surface area contributed by atoms with Gasteiger partial charge >= 0.3 is 0 Å². The Bertz CT molecular complexity index is 7030. The molecule has 0 bridgehead atoms. The first-order valence-electron chi connectivity index (χ1n) is 40.2. The van der Waals surface area contributed by atoms with Crippen LogP contribution in [-0.2, 0) is 10.8 Å². The second-order valence-electron chi connectivity index (χ2n) is 31.4. The second kappa shape index (κ2) is 29.0. The Balaban J connectivity index is 0.000000147. The van der Waals surface area contributed by atoms with Crippen molar-refractivity contribution in [1.29, 1.82) is 0 Å². The van der Waals surface area contributed by atoms with Crippen molar-refractivity contribution in [3.05, 3.63) is 423 Å². The van der Waals surface area contributed by atoms with E-state index in [9.17, 15) is 0 Å². The highest BCUT2D eigenvalue weighted by molar-refractivity contribution is 6.10. The topological polar surface area (TPSA) is 93.7 Å². The van der Waals surface area contributed by atoms with Crippen molar-refractivity contribution in [3.8, 4) is 102 Å². The fourth-order valence-electron chi connectivity index (χ4n) is 18.2. The van der Waals surface area contributed by atoms with Gasteiger partial charge in [-0.15, -0.1) is 0 Å². The van der Waals surface area contributed by atoms with Gasteiger partial charge in [-0.1, -0.05) is 331 Å². The van der Waals surface area contributed by atoms with Crippen LogP contribution >= 0.6 is 0 Å². The summed E-state index contributed by atoms with van der Waals surface area (Å²) in [4.78, 5) is 36.4. The molecule has 0 unspecified atom stereocenters. The van der Waals surface area contributed by atoms with Crippen LogP contribution in [0, 0.1) is 0 Å². The minimum Gasteiger partial charge on any atom is -0.311 e. The third kappa shape index (κ3) is 12.2. The lowest BCUT2D eigenvalue weighted by Gasteiger charge is -2.26. The maximum Gasteiger partial charge on any atom is 0.238 e. The van der Waals surface area contributed by atoms with E-state index in [0.29, 0.717) is 35.2 Å². The Morgan fingerprint density at radius 2 is 0.475 bits per heavy atom. The highest BCUT2D eigenvalue weighted by Crippen LogP contribution is 2.54. The van der Waals surface area contributed by atoms with E-state index < -0.39 is 0 Å². The van der Waals surface area contributed by atoms with Crippen LogP contribution in [0.2, 0.25) is 0 Å². The fraction of sp³-hybridized carbons (Fsp3) is 0.0556. The molecule has 10 heteroatoms. The van der Waals surface area contributed by atoms with Gasteiger partial charge in [0.25, 0.3) is 0 Å². The normalized spacial score (nSPS) is 12.7. The number of nitrogens with zero attached hydrogens (tertiary/aromatic N) is 10. The number of hydrogen-bond donors (Lipinski definition) is 0. The molecular formula is C108H78N10. The van der Waals surface area contributed by atoms with Gasteiger partial charge in [0.1, 0.15) is 0 Å². The molecular weight excluding hydrogens is 1440 g/mol. The van der Waals surface area contributed by atoms with Gasteiger partial charge in [-0.05, 0) is 164 Å². The molecule has 10 nitrogen and oxygen atoms in total. The fourth-order valence-corrected chi connectivity index (χ4v) is 18.2. The van der Waals surface area contributed by atoms with Crippen LogP contribution in [0.1, 0.15) is 49.9 Å². The van der Waals surface area contributed by atoms with Gasteiger partial charge in [-0.3, -0.25) is 9.13 Å². The monoisotopic (exact) mass is 1510 g/mol. The molecule has 0 fully saturated rings. The molecule has 16 aromatic carbocycles. The van der Waals surface area contributed by atoms with E-state index >= 15 is 0 Å². The van der Waals surface area contributed by atoms with E-state index in [2.05, 4.69) is 447 Å². The SMILES string of the molecule is CC1(C)c2ccccc2-c2cccc(-c3nc(-c4ccc(-c5ccc(N(c6ccccc6)c6ccccc6)cc5)cc4)nc(-n4c5ccccc5c5ccccc54)n3)c21.CC1(C)c2ccccc2-c2cccc(-c3nc(-c4ccc(-c5cccc(N(c6ccccc6)c6ccccc6)c5)cc4)nc(-n4c5ccccc5c5ccccc54)n3)c21. The van der Waals surface area contributed by atoms with Crippen LogP contribution in [0.4, 0.5) is 34.1 Å². The van der Waals surface area contributed by atoms with Gasteiger partial charge in [0, 0.05) is 88.8 Å². The molecule has 0 aliphatic heterocycles. The molecule has 0 spiro atoms. The summed E-state index contributed by atoms with van der Waals surface area (Å²) in [5.74, 6) is 3.74. The zero-order valence-corrected chi connectivity index (χ0v) is 65.6. The molecule has 0 saturated heterocycles. The molecule has 560 valence electrons. The summed E-state index contributed by atoms with van der Waals surface area (Å²) in [6, 6.07) is 141. The van der Waals surface area contributed by atoms with Crippen molar-refractivity contribution in [2.24, 2.45) is 0 Å². The Kier molecular flexibility index (Phi) is 17.3. The average Bonchev–Trinajstić information content (AvgIpc) is 1.56. The predicted octanol–water partition coefficient (Wildman–Crippen LogP) is 27.5. The summed E-state index contributed by atoms with van der Waals surface area (Å²) in [7, 11) is 0. The van der Waals surface area contributed by atoms with E-state index in [-0.39, 0.29) is 10.8 Å². The highest BCUT2D eigenvalue weighted by Gasteiger charge is 2.40. The van der Waals surface area contributed by atoms with Crippen molar-refractivity contribution in [3.63, 3.8) is 0 Å². The van der Waals surface area contributed by atoms with Crippen LogP contribution in [0.25, 0.3) is 146 Å². The summed E-state index contributed by atoms with van der Waals surface area (Å²) < 4.78 is 4.38. The maximum absolute atomic E-state index is 5.36. The molecule has 2 aliphatic carbocycles. The molecule has 0 radical (unpaired) electrons. The maximum atomic E-state index is 5.36. The molecule has 0 N–H and O–H groups in total. The van der Waals surface area contributed by atoms with E-state index in [1.54, 1.807) is 0 Å². The average molecular weight is 1520 g/mol. The predicted molar refractivity (Wildman–Crippen MR) is 485 cm³/mol. The second-order valence-corrected chi connectivity index (χ2v) is 31.4. The number of rotatable bonds is 14. The minimum atomic E-state index is -0.241. The number of aromatic nitrogens is 8. The lowest BCUT2D eigenvalue weighted by atomic mass is 9.80. The Morgan fingerprint density at radius 1 is 0.203 bits per heavy atom. The quantitative estimate of drug-likeness (QED) is 0.106. The lowest BCUT2D eigenvalue weighted by molar-refractivity contribution is 0.661. The summed E-state index contributed by atoms with van der Waals surface area (Å²) in [5.41, 5.74) is 28.8. The third-order valence-corrected chi connectivity index (χ3v) is 23.7. The first-order chi connectivity index (χ1) is 58.1. The van der Waals surface area contributed by atoms with E-state index in [4.69, 9.17) is 29.9 Å². The summed E-state index contributed by atoms with van der Waals surface area (Å²) >= 11 is 0. The Hall–Kier alpha value is -15.3. The van der Waals surface area contributed by atoms with Crippen molar-refractivity contribution in [2.75, 3.05) is 9.80 Å². The molecule has 0 atom stereocenters. The zero-order chi connectivity index (χ0) is 79.0. The molecule has 4 heterocycles. The standard InChI is InChI=1S/2C54H39N5/c1-54(2)47-28-12-9-23-42(47)45-26-16-27-46(50(45)54)52-55-51(56-53(57-52)59-48-29-13-10-24-43(48)44-25-11-14-30-49(44)59)37-33-31-36(32-34-37)38-17-15-22-41(35-38)58(39-18-5-3-6-19-39)40-20-7-4-8-21-40;1-54(2)47-25-12-9-20-42(47)45-23-15-24-46(50(45)54)52-55-51(56-53(57-52)59-48-26-13-10-21-43(48)44-22-11-14-27-49(44)59)38-30-28-36(29-31-38)37-32-34-41(35-33-37)58(39-16-5-3-6-17-39)40-18-7-4-8-19-40/h2*3-35H,1-2H3. The van der Waals surface area contributed by atoms with E-state index in [1.807, 2.05) is 0 Å². The first kappa shape index (κ1) is 70.6. The summed E-state index contributed by atoms with van der Waals surface area (Å²) in [6.07, 6.45) is 0. The van der Waals surface area contributed by atoms with Gasteiger partial charge in [0.05, 0.1) is 22.1 Å². The minimum absolute atomic E-state index is 0.237. The van der Waals surface area contributed by atoms with Crippen LogP contribution in [0.3, 0.4) is 0 Å². The Labute approximate surface area is 685 Å². The molecule has 20 aromatic rings. The molecule has 0 amide bonds. The van der Waals surface area contributed by atoms with Crippen LogP contribution in [0.5, 0.6) is 0 Å². The summed E-state index contributed by atoms with van der Waals surface area (Å²) in [5, 5.41) is 4.65. The van der Waals surface area contributed by atoms with Gasteiger partial charge < -0.3 is 9.80 Å². The van der Waals surface area contributed by atoms with Crippen molar-refractivity contribution >= 4 is 77.7 Å². The molecule has 118 heavy (non-hydrogen) atoms. The van der Waals surface area contributed by atoms with E-state index in [1.165, 1.54) is 44.5 Å². The number of fused-ring (bicyclic) bond motifs is 12. The van der Waals surface area contributed by atoms with E-state index in [0.717, 1.165) is 122 Å². The van der Waals surface area contributed by atoms with Crippen LogP contribution in [-0.4, -0.2) is 39.0 Å². The van der Waals surface area contributed by atoms with Gasteiger partial charge in [0.15, 0.2) is 23.3 Å². The van der Waals surface area contributed by atoms with Gasteiger partial charge in [0.2, 0.25) is 11.9 Å². The molecule has 0 saturated carbocycles. The number of anilines is 6. The van der Waals surface area contributed by atoms with Crippen molar-refractivity contribution in [1.82, 2.24) is 39.0 Å². The number of para-hydroxylation sites is 8. The van der Waals surface area contributed by atoms with Gasteiger partial charge in [-0.25, -0.2) is 9.97 Å². The van der Waals surface area contributed by atoms with Crippen molar-refractivity contribution < 1.29 is 0 Å². The Morgan fingerprint density at radius 3 is 0.864 bits per heavy atom. The molecule has 22 rings (SSSR count). The number of benzene rings is 16. The highest BCUT2D eigenvalue weighted by atomic mass is 15.2. The smallest absolute Gasteiger partial charge is 0.238 e. The zero-order valence-electron chi connectivity index (χ0n) is 65.6. The third-order valence-electron chi connectivity index (χ3n) is 23.7. The van der Waals surface area contributed by atoms with Crippen LogP contribution < -0.4 is 9.80 Å². The molecule has 4 aromatic heterocycles. The van der Waals surface area contributed by atoms with Crippen LogP contribution in [0.15, 0.2) is 400 Å². The van der Waals surface area contributed by atoms with Crippen molar-refractivity contribution in [2.45, 2.75) is 38.5 Å². The summed E-state index contributed by atoms with van der Waals surface area (Å²) in [6.45, 7) is 9.24.